The Labute approximate surface area is 213 Å². The van der Waals surface area contributed by atoms with Crippen molar-refractivity contribution < 1.29 is 13.9 Å². The molecule has 4 aromatic rings. The SMILES string of the molecule is CC(C)(C)OC(=O)N1CCCCC1CNc1nccc(-c2c(-c3ccc(F)cc3)nc3sccn23)n1. The lowest BCUT2D eigenvalue weighted by atomic mass is 10.0. The zero-order valence-corrected chi connectivity index (χ0v) is 21.4. The van der Waals surface area contributed by atoms with Gasteiger partial charge in [0.15, 0.2) is 4.96 Å². The number of nitrogens with zero attached hydrogens (tertiary/aromatic N) is 5. The van der Waals surface area contributed by atoms with Crippen molar-refractivity contribution in [2.45, 2.75) is 51.7 Å². The highest BCUT2D eigenvalue weighted by Gasteiger charge is 2.30. The minimum Gasteiger partial charge on any atom is -0.444 e. The second-order valence-electron chi connectivity index (χ2n) is 9.84. The topological polar surface area (TPSA) is 84.6 Å². The number of carbonyl (C=O) groups excluding carboxylic acids is 1. The summed E-state index contributed by atoms with van der Waals surface area (Å²) in [5, 5.41) is 5.29. The molecule has 1 aliphatic rings. The van der Waals surface area contributed by atoms with Gasteiger partial charge < -0.3 is 15.0 Å². The fraction of sp³-hybridized carbons (Fsp3) is 0.385. The highest BCUT2D eigenvalue weighted by atomic mass is 32.1. The van der Waals surface area contributed by atoms with E-state index in [0.717, 1.165) is 41.2 Å². The number of thiazole rings is 1. The van der Waals surface area contributed by atoms with Gasteiger partial charge in [-0.1, -0.05) is 0 Å². The second kappa shape index (κ2) is 9.85. The molecule has 0 spiro atoms. The molecule has 0 bridgehead atoms. The van der Waals surface area contributed by atoms with E-state index in [1.807, 2.05) is 47.7 Å². The third kappa shape index (κ3) is 5.18. The average Bonchev–Trinajstić information content (AvgIpc) is 3.44. The molecule has 188 valence electrons. The van der Waals surface area contributed by atoms with E-state index in [1.165, 1.54) is 23.5 Å². The fourth-order valence-corrected chi connectivity index (χ4v) is 5.11. The zero-order valence-electron chi connectivity index (χ0n) is 20.6. The zero-order chi connectivity index (χ0) is 25.3. The van der Waals surface area contributed by atoms with Crippen LogP contribution in [0.4, 0.5) is 15.1 Å². The molecular weight excluding hydrogens is 479 g/mol. The molecule has 1 fully saturated rings. The number of hydrogen-bond acceptors (Lipinski definition) is 7. The Morgan fingerprint density at radius 1 is 1.19 bits per heavy atom. The molecule has 1 aromatic carbocycles. The van der Waals surface area contributed by atoms with Crippen LogP contribution < -0.4 is 5.32 Å². The van der Waals surface area contributed by atoms with Gasteiger partial charge in [0.05, 0.1) is 17.4 Å². The molecule has 1 atom stereocenters. The number of fused-ring (bicyclic) bond motifs is 1. The Balaban J connectivity index is 1.39. The van der Waals surface area contributed by atoms with Crippen molar-refractivity contribution in [2.24, 2.45) is 0 Å². The van der Waals surface area contributed by atoms with Gasteiger partial charge in [-0.25, -0.2) is 24.1 Å². The highest BCUT2D eigenvalue weighted by Crippen LogP contribution is 2.33. The largest absolute Gasteiger partial charge is 0.444 e. The summed E-state index contributed by atoms with van der Waals surface area (Å²) in [5.41, 5.74) is 2.52. The van der Waals surface area contributed by atoms with E-state index >= 15 is 0 Å². The van der Waals surface area contributed by atoms with Gasteiger partial charge in [0.1, 0.15) is 17.1 Å². The number of anilines is 1. The molecule has 1 unspecified atom stereocenters. The molecule has 36 heavy (non-hydrogen) atoms. The number of amides is 1. The van der Waals surface area contributed by atoms with Crippen LogP contribution in [0.1, 0.15) is 40.0 Å². The number of nitrogens with one attached hydrogen (secondary N) is 1. The molecular formula is C26H29FN6O2S. The van der Waals surface area contributed by atoms with E-state index in [9.17, 15) is 9.18 Å². The summed E-state index contributed by atoms with van der Waals surface area (Å²) < 4.78 is 21.1. The van der Waals surface area contributed by atoms with E-state index < -0.39 is 5.60 Å². The van der Waals surface area contributed by atoms with E-state index in [2.05, 4.69) is 10.3 Å². The Morgan fingerprint density at radius 3 is 2.78 bits per heavy atom. The molecule has 1 saturated heterocycles. The van der Waals surface area contributed by atoms with Crippen LogP contribution in [0.15, 0.2) is 48.1 Å². The van der Waals surface area contributed by atoms with Gasteiger partial charge in [-0.15, -0.1) is 11.3 Å². The van der Waals surface area contributed by atoms with Crippen molar-refractivity contribution in [3.8, 4) is 22.6 Å². The predicted octanol–water partition coefficient (Wildman–Crippen LogP) is 5.86. The minimum atomic E-state index is -0.537. The Bertz CT molecular complexity index is 1360. The molecule has 1 N–H and O–H groups in total. The molecule has 5 rings (SSSR count). The molecule has 8 nitrogen and oxygen atoms in total. The molecule has 1 amide bonds. The van der Waals surface area contributed by atoms with Crippen LogP contribution in [-0.2, 0) is 4.74 Å². The summed E-state index contributed by atoms with van der Waals surface area (Å²) in [7, 11) is 0. The quantitative estimate of drug-likeness (QED) is 0.363. The Hall–Kier alpha value is -3.53. The van der Waals surface area contributed by atoms with Crippen molar-refractivity contribution in [1.29, 1.82) is 0 Å². The summed E-state index contributed by atoms with van der Waals surface area (Å²) in [6, 6.07) is 8.14. The third-order valence-electron chi connectivity index (χ3n) is 6.03. The number of benzene rings is 1. The number of imidazole rings is 1. The van der Waals surface area contributed by atoms with Crippen molar-refractivity contribution in [1.82, 2.24) is 24.3 Å². The predicted molar refractivity (Wildman–Crippen MR) is 139 cm³/mol. The normalized spacial score (nSPS) is 16.3. The Morgan fingerprint density at radius 2 is 2.00 bits per heavy atom. The van der Waals surface area contributed by atoms with Gasteiger partial charge in [-0.2, -0.15) is 0 Å². The minimum absolute atomic E-state index is 0.00539. The maximum Gasteiger partial charge on any atom is 0.410 e. The van der Waals surface area contributed by atoms with Crippen LogP contribution in [0.2, 0.25) is 0 Å². The van der Waals surface area contributed by atoms with E-state index in [1.54, 1.807) is 18.3 Å². The molecule has 0 saturated carbocycles. The number of likely N-dealkylation sites (tertiary alicyclic amines) is 1. The number of halogens is 1. The van der Waals surface area contributed by atoms with Crippen molar-refractivity contribution in [2.75, 3.05) is 18.4 Å². The first-order chi connectivity index (χ1) is 17.3. The summed E-state index contributed by atoms with van der Waals surface area (Å²) in [4.78, 5) is 29.3. The van der Waals surface area contributed by atoms with Gasteiger partial charge in [0.2, 0.25) is 5.95 Å². The number of carbonyl (C=O) groups is 1. The van der Waals surface area contributed by atoms with Crippen molar-refractivity contribution in [3.63, 3.8) is 0 Å². The molecule has 1 aliphatic heterocycles. The average molecular weight is 509 g/mol. The molecule has 0 radical (unpaired) electrons. The molecule has 3 aromatic heterocycles. The molecule has 10 heteroatoms. The van der Waals surface area contributed by atoms with Gasteiger partial charge in [-0.3, -0.25) is 4.40 Å². The van der Waals surface area contributed by atoms with Crippen molar-refractivity contribution >= 4 is 28.3 Å². The number of ether oxygens (including phenoxy) is 1. The first-order valence-electron chi connectivity index (χ1n) is 12.1. The van der Waals surface area contributed by atoms with Gasteiger partial charge in [-0.05, 0) is 70.4 Å². The summed E-state index contributed by atoms with van der Waals surface area (Å²) in [6.45, 7) is 6.83. The van der Waals surface area contributed by atoms with Crippen LogP contribution in [0.25, 0.3) is 27.6 Å². The lowest BCUT2D eigenvalue weighted by molar-refractivity contribution is 0.0114. The van der Waals surface area contributed by atoms with Gasteiger partial charge in [0.25, 0.3) is 0 Å². The van der Waals surface area contributed by atoms with Gasteiger partial charge >= 0.3 is 6.09 Å². The lowest BCUT2D eigenvalue weighted by Crippen LogP contribution is -2.49. The second-order valence-corrected chi connectivity index (χ2v) is 10.7. The number of aromatic nitrogens is 4. The van der Waals surface area contributed by atoms with Crippen LogP contribution in [0, 0.1) is 5.82 Å². The maximum atomic E-state index is 13.5. The summed E-state index contributed by atoms with van der Waals surface area (Å²) >= 11 is 1.52. The van der Waals surface area contributed by atoms with Crippen molar-refractivity contribution in [3.05, 3.63) is 53.9 Å². The number of rotatable bonds is 5. The third-order valence-corrected chi connectivity index (χ3v) is 6.79. The van der Waals surface area contributed by atoms with Crippen LogP contribution in [0.3, 0.4) is 0 Å². The first-order valence-corrected chi connectivity index (χ1v) is 12.9. The Kier molecular flexibility index (Phi) is 6.61. The summed E-state index contributed by atoms with van der Waals surface area (Å²) in [5.74, 6) is 0.176. The molecule has 4 heterocycles. The van der Waals surface area contributed by atoms with E-state index in [-0.39, 0.29) is 18.0 Å². The van der Waals surface area contributed by atoms with Crippen LogP contribution in [0.5, 0.6) is 0 Å². The van der Waals surface area contributed by atoms with Gasteiger partial charge in [0, 0.05) is 36.4 Å². The number of piperidine rings is 1. The number of hydrogen-bond donors (Lipinski definition) is 1. The standard InChI is InChI=1S/C26H29FN6O2S/c1-26(2,3)35-25(34)32-13-5-4-6-19(32)16-29-23-28-12-11-20(30-23)22-21(17-7-9-18(27)10-8-17)31-24-33(22)14-15-36-24/h7-12,14-15,19H,4-6,13,16H2,1-3H3,(H,28,29,30). The van der Waals surface area contributed by atoms with E-state index in [0.29, 0.717) is 24.7 Å². The first kappa shape index (κ1) is 24.2. The highest BCUT2D eigenvalue weighted by molar-refractivity contribution is 7.15. The lowest BCUT2D eigenvalue weighted by Gasteiger charge is -2.36. The monoisotopic (exact) mass is 508 g/mol. The smallest absolute Gasteiger partial charge is 0.410 e. The van der Waals surface area contributed by atoms with Crippen LogP contribution in [-0.4, -0.2) is 55.1 Å². The molecule has 0 aliphatic carbocycles. The summed E-state index contributed by atoms with van der Waals surface area (Å²) in [6.07, 6.45) is 6.28. The van der Waals surface area contributed by atoms with Crippen LogP contribution >= 0.6 is 11.3 Å². The maximum absolute atomic E-state index is 13.5. The fourth-order valence-electron chi connectivity index (χ4n) is 4.40. The van der Waals surface area contributed by atoms with E-state index in [4.69, 9.17) is 14.7 Å².